The Bertz CT molecular complexity index is 451. The third-order valence-electron chi connectivity index (χ3n) is 2.79. The number of nitrogens with one attached hydrogen (secondary N) is 1. The van der Waals surface area contributed by atoms with Gasteiger partial charge in [-0.25, -0.2) is 0 Å². The predicted molar refractivity (Wildman–Crippen MR) is 58.1 cm³/mol. The average molecular weight is 301 g/mol. The van der Waals surface area contributed by atoms with Crippen LogP contribution in [0.3, 0.4) is 0 Å². The summed E-state index contributed by atoms with van der Waals surface area (Å²) in [6, 6.07) is 0. The van der Waals surface area contributed by atoms with E-state index in [9.17, 15) is 28.5 Å². The monoisotopic (exact) mass is 301 g/mol. The van der Waals surface area contributed by atoms with E-state index in [-0.39, 0.29) is 0 Å². The van der Waals surface area contributed by atoms with Crippen molar-refractivity contribution in [1.29, 1.82) is 0 Å². The molecular weight excluding hydrogens is 286 g/mol. The van der Waals surface area contributed by atoms with Crippen LogP contribution in [0.1, 0.15) is 6.92 Å². The van der Waals surface area contributed by atoms with E-state index in [0.29, 0.717) is 0 Å². The Balaban J connectivity index is 3.34. The summed E-state index contributed by atoms with van der Waals surface area (Å²) in [5.41, 5.74) is 0. The van der Waals surface area contributed by atoms with Crippen molar-refractivity contribution >= 4 is 16.0 Å². The summed E-state index contributed by atoms with van der Waals surface area (Å²) in [5.74, 6) is -1.01. The Labute approximate surface area is 108 Å². The van der Waals surface area contributed by atoms with E-state index in [0.717, 1.165) is 6.92 Å². The minimum Gasteiger partial charge on any atom is -0.394 e. The number of hydrogen-bond donors (Lipinski definition) is 6. The van der Waals surface area contributed by atoms with E-state index in [1.54, 1.807) is 5.32 Å². The zero-order valence-electron chi connectivity index (χ0n) is 9.79. The lowest BCUT2D eigenvalue weighted by molar-refractivity contribution is -0.265. The van der Waals surface area contributed by atoms with Crippen LogP contribution in [0.4, 0.5) is 0 Å². The molecule has 11 heteroatoms. The van der Waals surface area contributed by atoms with Gasteiger partial charge in [-0.3, -0.25) is 9.35 Å². The molecule has 6 N–H and O–H groups in total. The molecule has 0 spiro atoms. The van der Waals surface area contributed by atoms with Gasteiger partial charge in [0.15, 0.2) is 6.29 Å². The largest absolute Gasteiger partial charge is 0.394 e. The molecule has 1 amide bonds. The summed E-state index contributed by atoms with van der Waals surface area (Å²) >= 11 is 0. The van der Waals surface area contributed by atoms with Crippen LogP contribution >= 0.6 is 0 Å². The van der Waals surface area contributed by atoms with Gasteiger partial charge in [-0.15, -0.1) is 0 Å². The molecule has 5 atom stereocenters. The molecule has 1 fully saturated rings. The van der Waals surface area contributed by atoms with Gasteiger partial charge in [-0.05, 0) is 0 Å². The third kappa shape index (κ3) is 2.58. The van der Waals surface area contributed by atoms with Gasteiger partial charge in [-0.1, -0.05) is 0 Å². The molecule has 1 rings (SSSR count). The highest BCUT2D eigenvalue weighted by atomic mass is 32.2. The van der Waals surface area contributed by atoms with Crippen molar-refractivity contribution in [3.63, 3.8) is 0 Å². The molecule has 1 aliphatic rings. The molecule has 112 valence electrons. The van der Waals surface area contributed by atoms with Crippen LogP contribution in [0.2, 0.25) is 0 Å². The van der Waals surface area contributed by atoms with Gasteiger partial charge < -0.3 is 30.5 Å². The number of carbonyl (C=O) groups excluding carboxylic acids is 1. The molecule has 1 heterocycles. The molecule has 0 aromatic rings. The average Bonchev–Trinajstić information content (AvgIpc) is 2.27. The first-order valence-corrected chi connectivity index (χ1v) is 6.58. The molecule has 19 heavy (non-hydrogen) atoms. The van der Waals surface area contributed by atoms with Gasteiger partial charge in [-0.2, -0.15) is 8.42 Å². The van der Waals surface area contributed by atoms with Gasteiger partial charge in [0.2, 0.25) is 10.8 Å². The molecule has 0 saturated carbocycles. The standard InChI is InChI=1S/C8H15NO9S/c1-3(11)9-8(19(15,16)17)6(13)5(12)4(2-10)18-7(8)14/h4-7,10,12-14H,2H2,1H3,(H,9,11)(H,15,16,17)/t4-,5-,6-,7?,8-/m1/s1. The third-order valence-corrected chi connectivity index (χ3v) is 4.19. The van der Waals surface area contributed by atoms with Gasteiger partial charge in [0.05, 0.1) is 6.61 Å². The Morgan fingerprint density at radius 2 is 1.89 bits per heavy atom. The van der Waals surface area contributed by atoms with E-state index < -0.39 is 52.1 Å². The number of rotatable bonds is 3. The van der Waals surface area contributed by atoms with Crippen LogP contribution in [0, 0.1) is 0 Å². The second kappa shape index (κ2) is 5.28. The van der Waals surface area contributed by atoms with E-state index >= 15 is 0 Å². The normalized spacial score (nSPS) is 39.9. The number of amides is 1. The van der Waals surface area contributed by atoms with Crippen molar-refractivity contribution < 1.29 is 42.9 Å². The van der Waals surface area contributed by atoms with E-state index in [2.05, 4.69) is 4.74 Å². The smallest absolute Gasteiger partial charge is 0.297 e. The predicted octanol–water partition coefficient (Wildman–Crippen LogP) is -3.86. The maximum absolute atomic E-state index is 11.4. The number of carbonyl (C=O) groups is 1. The number of aliphatic hydroxyl groups is 4. The van der Waals surface area contributed by atoms with E-state index in [1.807, 2.05) is 0 Å². The van der Waals surface area contributed by atoms with Crippen molar-refractivity contribution in [3.05, 3.63) is 0 Å². The van der Waals surface area contributed by atoms with E-state index in [4.69, 9.17) is 9.66 Å². The van der Waals surface area contributed by atoms with Crippen molar-refractivity contribution in [1.82, 2.24) is 5.32 Å². The lowest BCUT2D eigenvalue weighted by Crippen LogP contribution is -2.76. The fourth-order valence-corrected chi connectivity index (χ4v) is 2.88. The SMILES string of the molecule is CC(=O)N[C@]1(S(=O)(=O)O)C(O)O[C@H](CO)[C@@H](O)[C@H]1O. The zero-order valence-corrected chi connectivity index (χ0v) is 10.6. The Kier molecular flexibility index (Phi) is 4.51. The van der Waals surface area contributed by atoms with Crippen LogP contribution in [-0.2, 0) is 19.6 Å². The van der Waals surface area contributed by atoms with Gasteiger partial charge in [0, 0.05) is 6.92 Å². The first kappa shape index (κ1) is 16.2. The quantitative estimate of drug-likeness (QED) is 0.285. The lowest BCUT2D eigenvalue weighted by Gasteiger charge is -2.46. The minimum atomic E-state index is -5.24. The molecule has 0 aromatic carbocycles. The topological polar surface area (TPSA) is 174 Å². The van der Waals surface area contributed by atoms with Crippen molar-refractivity contribution in [2.75, 3.05) is 6.61 Å². The molecule has 0 radical (unpaired) electrons. The lowest BCUT2D eigenvalue weighted by atomic mass is 9.96. The minimum absolute atomic E-state index is 0.823. The number of aliphatic hydroxyl groups excluding tert-OH is 4. The first-order chi connectivity index (χ1) is 8.57. The molecule has 1 aliphatic heterocycles. The molecule has 1 unspecified atom stereocenters. The maximum Gasteiger partial charge on any atom is 0.297 e. The van der Waals surface area contributed by atoms with Crippen LogP contribution in [0.5, 0.6) is 0 Å². The van der Waals surface area contributed by atoms with Crippen LogP contribution in [0.15, 0.2) is 0 Å². The fraction of sp³-hybridized carbons (Fsp3) is 0.875. The molecule has 1 saturated heterocycles. The molecule has 10 nitrogen and oxygen atoms in total. The second-order valence-corrected chi connectivity index (χ2v) is 5.72. The highest BCUT2D eigenvalue weighted by Gasteiger charge is 2.63. The molecule has 0 aliphatic carbocycles. The Morgan fingerprint density at radius 3 is 2.26 bits per heavy atom. The molecule has 0 aromatic heterocycles. The summed E-state index contributed by atoms with van der Waals surface area (Å²) < 4.78 is 36.5. The van der Waals surface area contributed by atoms with Crippen molar-refractivity contribution in [2.24, 2.45) is 0 Å². The van der Waals surface area contributed by atoms with Gasteiger partial charge >= 0.3 is 0 Å². The zero-order chi connectivity index (χ0) is 15.0. The highest BCUT2D eigenvalue weighted by molar-refractivity contribution is 7.87. The van der Waals surface area contributed by atoms with E-state index in [1.165, 1.54) is 0 Å². The van der Waals surface area contributed by atoms with Crippen LogP contribution < -0.4 is 5.32 Å². The summed E-state index contributed by atoms with van der Waals surface area (Å²) in [5, 5.41) is 39.5. The van der Waals surface area contributed by atoms with Gasteiger partial charge in [0.1, 0.15) is 18.3 Å². The number of ether oxygens (including phenoxy) is 1. The fourth-order valence-electron chi connectivity index (χ4n) is 1.86. The second-order valence-electron chi connectivity index (χ2n) is 4.09. The summed E-state index contributed by atoms with van der Waals surface area (Å²) in [6.07, 6.45) is -8.13. The van der Waals surface area contributed by atoms with Crippen LogP contribution in [0.25, 0.3) is 0 Å². The Hall–Kier alpha value is -0.820. The number of hydrogen-bond acceptors (Lipinski definition) is 8. The maximum atomic E-state index is 11.4. The molecular formula is C8H15NO9S. The molecule has 0 bridgehead atoms. The van der Waals surface area contributed by atoms with Crippen LogP contribution in [-0.4, -0.2) is 75.4 Å². The first-order valence-electron chi connectivity index (χ1n) is 5.14. The van der Waals surface area contributed by atoms with Gasteiger partial charge in [0.25, 0.3) is 10.1 Å². The summed E-state index contributed by atoms with van der Waals surface area (Å²) in [4.78, 5) is 7.98. The summed E-state index contributed by atoms with van der Waals surface area (Å²) in [7, 11) is -5.24. The highest BCUT2D eigenvalue weighted by Crippen LogP contribution is 2.32. The summed E-state index contributed by atoms with van der Waals surface area (Å²) in [6.45, 7) is 0.0494. The Morgan fingerprint density at radius 1 is 1.37 bits per heavy atom. The van der Waals surface area contributed by atoms with Crippen molar-refractivity contribution in [2.45, 2.75) is 36.4 Å². The van der Waals surface area contributed by atoms with Crippen molar-refractivity contribution in [3.8, 4) is 0 Å².